The molecule has 5 nitrogen and oxygen atoms in total. The molecular weight excluding hydrogens is 319 g/mol. The van der Waals surface area contributed by atoms with E-state index < -0.39 is 5.82 Å². The van der Waals surface area contributed by atoms with E-state index in [0.29, 0.717) is 36.1 Å². The van der Waals surface area contributed by atoms with Crippen molar-refractivity contribution in [2.24, 2.45) is 0 Å². The topological polar surface area (TPSA) is 58.1 Å². The summed E-state index contributed by atoms with van der Waals surface area (Å²) in [6.45, 7) is 6.75. The fourth-order valence-electron chi connectivity index (χ4n) is 2.14. The Kier molecular flexibility index (Phi) is 5.50. The van der Waals surface area contributed by atoms with Gasteiger partial charge in [0.2, 0.25) is 0 Å². The van der Waals surface area contributed by atoms with Gasteiger partial charge >= 0.3 is 0 Å². The summed E-state index contributed by atoms with van der Waals surface area (Å²) in [5.74, 6) is 0.281. The summed E-state index contributed by atoms with van der Waals surface area (Å²) in [5, 5.41) is 3.02. The molecule has 0 saturated heterocycles. The molecule has 2 aromatic rings. The largest absolute Gasteiger partial charge is 0.340 e. The van der Waals surface area contributed by atoms with Gasteiger partial charge < -0.3 is 10.2 Å². The number of aromatic nitrogens is 2. The summed E-state index contributed by atoms with van der Waals surface area (Å²) in [6.07, 6.45) is 0. The molecule has 7 heteroatoms. The molecule has 1 amide bonds. The minimum atomic E-state index is -0.492. The van der Waals surface area contributed by atoms with Gasteiger partial charge in [0.05, 0.1) is 5.02 Å². The molecule has 1 aromatic heterocycles. The Balaban J connectivity index is 2.29. The van der Waals surface area contributed by atoms with Crippen molar-refractivity contribution in [2.75, 3.05) is 18.4 Å². The van der Waals surface area contributed by atoms with Gasteiger partial charge in [0.25, 0.3) is 5.91 Å². The zero-order valence-corrected chi connectivity index (χ0v) is 14.0. The third-order valence-electron chi connectivity index (χ3n) is 3.30. The predicted octanol–water partition coefficient (Wildman–Crippen LogP) is 3.80. The van der Waals surface area contributed by atoms with Crippen molar-refractivity contribution in [2.45, 2.75) is 20.8 Å². The monoisotopic (exact) mass is 336 g/mol. The maximum atomic E-state index is 13.2. The lowest BCUT2D eigenvalue weighted by Crippen LogP contribution is -2.31. The Morgan fingerprint density at radius 1 is 1.26 bits per heavy atom. The number of anilines is 2. The van der Waals surface area contributed by atoms with Crippen LogP contribution in [0.15, 0.2) is 24.3 Å². The summed E-state index contributed by atoms with van der Waals surface area (Å²) >= 11 is 5.76. The first-order valence-corrected chi connectivity index (χ1v) is 7.69. The van der Waals surface area contributed by atoms with Gasteiger partial charge in [0.15, 0.2) is 0 Å². The second kappa shape index (κ2) is 7.37. The highest BCUT2D eigenvalue weighted by Gasteiger charge is 2.16. The van der Waals surface area contributed by atoms with Crippen molar-refractivity contribution in [1.29, 1.82) is 0 Å². The number of halogens is 2. The molecule has 0 spiro atoms. The van der Waals surface area contributed by atoms with Crippen molar-refractivity contribution in [3.63, 3.8) is 0 Å². The van der Waals surface area contributed by atoms with Gasteiger partial charge in [-0.25, -0.2) is 14.4 Å². The number of hydrogen-bond acceptors (Lipinski definition) is 4. The SMILES string of the molecule is CCN(CC)C(=O)c1cc(Nc2ccc(F)c(Cl)c2)nc(C)n1. The van der Waals surface area contributed by atoms with Gasteiger partial charge in [-0.3, -0.25) is 4.79 Å². The first-order chi connectivity index (χ1) is 10.9. The maximum Gasteiger partial charge on any atom is 0.272 e. The number of amides is 1. The average molecular weight is 337 g/mol. The van der Waals surface area contributed by atoms with Gasteiger partial charge in [-0.1, -0.05) is 11.6 Å². The Bertz CT molecular complexity index is 719. The van der Waals surface area contributed by atoms with E-state index in [-0.39, 0.29) is 10.9 Å². The summed E-state index contributed by atoms with van der Waals surface area (Å²) in [4.78, 5) is 22.5. The van der Waals surface area contributed by atoms with E-state index in [9.17, 15) is 9.18 Å². The highest BCUT2D eigenvalue weighted by atomic mass is 35.5. The number of aryl methyl sites for hydroxylation is 1. The second-order valence-corrected chi connectivity index (χ2v) is 5.32. The number of nitrogens with one attached hydrogen (secondary N) is 1. The summed E-state index contributed by atoms with van der Waals surface area (Å²) in [6, 6.07) is 5.84. The normalized spacial score (nSPS) is 10.5. The molecule has 1 aromatic carbocycles. The fourth-order valence-corrected chi connectivity index (χ4v) is 2.32. The summed E-state index contributed by atoms with van der Waals surface area (Å²) in [7, 11) is 0. The molecule has 0 aliphatic carbocycles. The standard InChI is InChI=1S/C16H18ClFN4O/c1-4-22(5-2)16(23)14-9-15(20-10(3)19-14)21-11-6-7-13(18)12(17)8-11/h6-9H,4-5H2,1-3H3,(H,19,20,21). The van der Waals surface area contributed by atoms with E-state index in [4.69, 9.17) is 11.6 Å². The molecule has 0 aliphatic rings. The lowest BCUT2D eigenvalue weighted by molar-refractivity contribution is 0.0766. The van der Waals surface area contributed by atoms with Crippen molar-refractivity contribution < 1.29 is 9.18 Å². The molecule has 0 unspecified atom stereocenters. The van der Waals surface area contributed by atoms with Crippen molar-refractivity contribution in [1.82, 2.24) is 14.9 Å². The zero-order valence-electron chi connectivity index (χ0n) is 13.2. The Hall–Kier alpha value is -2.21. The smallest absolute Gasteiger partial charge is 0.272 e. The van der Waals surface area contributed by atoms with Crippen LogP contribution in [-0.2, 0) is 0 Å². The van der Waals surface area contributed by atoms with Crippen LogP contribution in [0.4, 0.5) is 15.9 Å². The van der Waals surface area contributed by atoms with E-state index in [1.54, 1.807) is 24.0 Å². The van der Waals surface area contributed by atoms with Crippen LogP contribution < -0.4 is 5.32 Å². The van der Waals surface area contributed by atoms with Crippen LogP contribution >= 0.6 is 11.6 Å². The predicted molar refractivity (Wildman–Crippen MR) is 88.7 cm³/mol. The number of hydrogen-bond donors (Lipinski definition) is 1. The molecule has 1 N–H and O–H groups in total. The van der Waals surface area contributed by atoms with Crippen LogP contribution in [0.25, 0.3) is 0 Å². The minimum Gasteiger partial charge on any atom is -0.340 e. The van der Waals surface area contributed by atoms with Gasteiger partial charge in [-0.05, 0) is 39.0 Å². The van der Waals surface area contributed by atoms with E-state index in [2.05, 4.69) is 15.3 Å². The summed E-state index contributed by atoms with van der Waals surface area (Å²) < 4.78 is 13.2. The van der Waals surface area contributed by atoms with Gasteiger partial charge in [-0.15, -0.1) is 0 Å². The molecule has 122 valence electrons. The molecule has 0 radical (unpaired) electrons. The van der Waals surface area contributed by atoms with Crippen LogP contribution in [0.5, 0.6) is 0 Å². The quantitative estimate of drug-likeness (QED) is 0.902. The van der Waals surface area contributed by atoms with Crippen molar-refractivity contribution in [3.05, 3.63) is 46.6 Å². The van der Waals surface area contributed by atoms with Crippen LogP contribution in [0, 0.1) is 12.7 Å². The van der Waals surface area contributed by atoms with Crippen LogP contribution in [0.1, 0.15) is 30.2 Å². The first kappa shape index (κ1) is 17.1. The third-order valence-corrected chi connectivity index (χ3v) is 3.59. The maximum absolute atomic E-state index is 13.2. The highest BCUT2D eigenvalue weighted by molar-refractivity contribution is 6.31. The zero-order chi connectivity index (χ0) is 17.0. The summed E-state index contributed by atoms with van der Waals surface area (Å²) in [5.41, 5.74) is 0.896. The lowest BCUT2D eigenvalue weighted by Gasteiger charge is -2.18. The van der Waals surface area contributed by atoms with Gasteiger partial charge in [0.1, 0.15) is 23.2 Å². The van der Waals surface area contributed by atoms with Gasteiger partial charge in [-0.2, -0.15) is 0 Å². The van der Waals surface area contributed by atoms with E-state index in [0.717, 1.165) is 0 Å². The van der Waals surface area contributed by atoms with Crippen LogP contribution in [0.3, 0.4) is 0 Å². The molecule has 2 rings (SSSR count). The number of carbonyl (C=O) groups is 1. The minimum absolute atomic E-state index is 0.0141. The molecule has 23 heavy (non-hydrogen) atoms. The Morgan fingerprint density at radius 3 is 2.57 bits per heavy atom. The van der Waals surface area contributed by atoms with E-state index in [1.807, 2.05) is 13.8 Å². The number of carbonyl (C=O) groups excluding carboxylic acids is 1. The number of nitrogens with zero attached hydrogens (tertiary/aromatic N) is 3. The van der Waals surface area contributed by atoms with Crippen molar-refractivity contribution in [3.8, 4) is 0 Å². The molecule has 0 atom stereocenters. The second-order valence-electron chi connectivity index (χ2n) is 4.92. The Morgan fingerprint density at radius 2 is 1.96 bits per heavy atom. The fraction of sp³-hybridized carbons (Fsp3) is 0.312. The molecule has 1 heterocycles. The molecule has 0 fully saturated rings. The number of benzene rings is 1. The molecule has 0 bridgehead atoms. The molecular formula is C16H18ClFN4O. The van der Waals surface area contributed by atoms with Crippen molar-refractivity contribution >= 4 is 29.0 Å². The van der Waals surface area contributed by atoms with E-state index in [1.165, 1.54) is 12.1 Å². The molecule has 0 aliphatic heterocycles. The first-order valence-electron chi connectivity index (χ1n) is 7.31. The lowest BCUT2D eigenvalue weighted by atomic mass is 10.3. The highest BCUT2D eigenvalue weighted by Crippen LogP contribution is 2.22. The van der Waals surface area contributed by atoms with Crippen LogP contribution in [-0.4, -0.2) is 33.9 Å². The van der Waals surface area contributed by atoms with E-state index >= 15 is 0 Å². The Labute approximate surface area is 139 Å². The number of rotatable bonds is 5. The molecule has 0 saturated carbocycles. The third kappa shape index (κ3) is 4.16. The van der Waals surface area contributed by atoms with Crippen LogP contribution in [0.2, 0.25) is 5.02 Å². The average Bonchev–Trinajstić information content (AvgIpc) is 2.51. The van der Waals surface area contributed by atoms with Gasteiger partial charge in [0, 0.05) is 24.8 Å².